The Morgan fingerprint density at radius 3 is 3.06 bits per heavy atom. The molecule has 1 aromatic heterocycles. The SMILES string of the molecule is CCCC(O)CNC(=O)c1ncncc1Cl. The zero-order chi connectivity index (χ0) is 12.0. The number of aliphatic hydroxyl groups is 1. The molecule has 1 rings (SSSR count). The normalized spacial score (nSPS) is 12.2. The second-order valence-electron chi connectivity index (χ2n) is 3.37. The largest absolute Gasteiger partial charge is 0.391 e. The predicted molar refractivity (Wildman–Crippen MR) is 60.3 cm³/mol. The average Bonchev–Trinajstić information content (AvgIpc) is 2.27. The fourth-order valence-electron chi connectivity index (χ4n) is 1.21. The minimum Gasteiger partial charge on any atom is -0.391 e. The minimum atomic E-state index is -0.533. The molecule has 0 spiro atoms. The molecule has 0 aliphatic carbocycles. The number of nitrogens with one attached hydrogen (secondary N) is 1. The van der Waals surface area contributed by atoms with Gasteiger partial charge in [-0.2, -0.15) is 0 Å². The van der Waals surface area contributed by atoms with Crippen LogP contribution < -0.4 is 5.32 Å². The summed E-state index contributed by atoms with van der Waals surface area (Å²) in [6, 6.07) is 0. The number of rotatable bonds is 5. The molecule has 5 nitrogen and oxygen atoms in total. The van der Waals surface area contributed by atoms with Gasteiger partial charge >= 0.3 is 0 Å². The summed E-state index contributed by atoms with van der Waals surface area (Å²) in [5.74, 6) is -0.400. The summed E-state index contributed by atoms with van der Waals surface area (Å²) < 4.78 is 0. The number of carbonyl (C=O) groups is 1. The van der Waals surface area contributed by atoms with Crippen molar-refractivity contribution in [3.63, 3.8) is 0 Å². The molecule has 1 atom stereocenters. The van der Waals surface area contributed by atoms with E-state index in [0.717, 1.165) is 6.42 Å². The fraction of sp³-hybridized carbons (Fsp3) is 0.500. The monoisotopic (exact) mass is 243 g/mol. The number of halogens is 1. The van der Waals surface area contributed by atoms with Crippen LogP contribution in [-0.2, 0) is 0 Å². The molecule has 16 heavy (non-hydrogen) atoms. The van der Waals surface area contributed by atoms with Gasteiger partial charge in [-0.25, -0.2) is 9.97 Å². The molecule has 0 aliphatic rings. The lowest BCUT2D eigenvalue weighted by Crippen LogP contribution is -2.32. The fourth-order valence-corrected chi connectivity index (χ4v) is 1.40. The maximum absolute atomic E-state index is 11.6. The van der Waals surface area contributed by atoms with E-state index >= 15 is 0 Å². The van der Waals surface area contributed by atoms with E-state index < -0.39 is 12.0 Å². The lowest BCUT2D eigenvalue weighted by molar-refractivity contribution is 0.0905. The summed E-state index contributed by atoms with van der Waals surface area (Å²) in [5.41, 5.74) is 0.125. The smallest absolute Gasteiger partial charge is 0.271 e. The third-order valence-corrected chi connectivity index (χ3v) is 2.28. The van der Waals surface area contributed by atoms with Gasteiger partial charge in [-0.15, -0.1) is 0 Å². The van der Waals surface area contributed by atoms with Gasteiger partial charge in [0, 0.05) is 12.7 Å². The Kier molecular flexibility index (Phi) is 5.14. The predicted octanol–water partition coefficient (Wildman–Crippen LogP) is 1.02. The van der Waals surface area contributed by atoms with E-state index in [1.807, 2.05) is 6.92 Å². The Balaban J connectivity index is 2.50. The second kappa shape index (κ2) is 6.40. The van der Waals surface area contributed by atoms with Crippen LogP contribution in [0.3, 0.4) is 0 Å². The van der Waals surface area contributed by atoms with Crippen molar-refractivity contribution in [1.29, 1.82) is 0 Å². The first kappa shape index (κ1) is 12.9. The summed E-state index contributed by atoms with van der Waals surface area (Å²) in [7, 11) is 0. The molecule has 1 aromatic rings. The van der Waals surface area contributed by atoms with Crippen LogP contribution in [0.5, 0.6) is 0 Å². The average molecular weight is 244 g/mol. The Bertz CT molecular complexity index is 360. The number of aromatic nitrogens is 2. The van der Waals surface area contributed by atoms with Crippen LogP contribution >= 0.6 is 11.6 Å². The molecule has 0 aromatic carbocycles. The van der Waals surface area contributed by atoms with Crippen molar-refractivity contribution in [1.82, 2.24) is 15.3 Å². The number of amides is 1. The highest BCUT2D eigenvalue weighted by molar-refractivity contribution is 6.33. The molecule has 0 fully saturated rings. The van der Waals surface area contributed by atoms with Crippen LogP contribution in [0.2, 0.25) is 5.02 Å². The van der Waals surface area contributed by atoms with Gasteiger partial charge in [-0.1, -0.05) is 24.9 Å². The van der Waals surface area contributed by atoms with Crippen LogP contribution in [0.1, 0.15) is 30.3 Å². The lowest BCUT2D eigenvalue weighted by Gasteiger charge is -2.10. The summed E-state index contributed by atoms with van der Waals surface area (Å²) >= 11 is 5.75. The molecule has 88 valence electrons. The van der Waals surface area contributed by atoms with E-state index in [1.54, 1.807) is 0 Å². The summed E-state index contributed by atoms with van der Waals surface area (Å²) in [6.45, 7) is 2.17. The van der Waals surface area contributed by atoms with Gasteiger partial charge in [0.1, 0.15) is 12.0 Å². The van der Waals surface area contributed by atoms with Crippen molar-refractivity contribution in [3.05, 3.63) is 23.2 Å². The maximum Gasteiger partial charge on any atom is 0.271 e. The summed E-state index contributed by atoms with van der Waals surface area (Å²) in [4.78, 5) is 19.0. The van der Waals surface area contributed by atoms with E-state index in [4.69, 9.17) is 11.6 Å². The van der Waals surface area contributed by atoms with Crippen molar-refractivity contribution >= 4 is 17.5 Å². The molecule has 1 unspecified atom stereocenters. The molecule has 6 heteroatoms. The van der Waals surface area contributed by atoms with Gasteiger partial charge in [-0.3, -0.25) is 4.79 Å². The molecule has 1 heterocycles. The molecule has 0 bridgehead atoms. The number of hydrogen-bond donors (Lipinski definition) is 2. The summed E-state index contributed by atoms with van der Waals surface area (Å²) in [6.07, 6.45) is 3.59. The number of aliphatic hydroxyl groups excluding tert-OH is 1. The minimum absolute atomic E-state index is 0.125. The first-order valence-corrected chi connectivity index (χ1v) is 5.44. The molecular formula is C10H14ClN3O2. The van der Waals surface area contributed by atoms with E-state index in [-0.39, 0.29) is 17.3 Å². The van der Waals surface area contributed by atoms with E-state index in [9.17, 15) is 9.90 Å². The zero-order valence-electron chi connectivity index (χ0n) is 8.98. The second-order valence-corrected chi connectivity index (χ2v) is 3.78. The van der Waals surface area contributed by atoms with E-state index in [1.165, 1.54) is 12.5 Å². The number of carbonyl (C=O) groups excluding carboxylic acids is 1. The Morgan fingerprint density at radius 2 is 2.44 bits per heavy atom. The van der Waals surface area contributed by atoms with Gasteiger partial charge in [0.05, 0.1) is 11.1 Å². The number of nitrogens with zero attached hydrogens (tertiary/aromatic N) is 2. The standard InChI is InChI=1S/C10H14ClN3O2/c1-2-3-7(15)4-13-10(16)9-8(11)5-12-6-14-9/h5-7,15H,2-4H2,1H3,(H,13,16). The van der Waals surface area contributed by atoms with Crippen LogP contribution in [-0.4, -0.2) is 33.6 Å². The van der Waals surface area contributed by atoms with Crippen LogP contribution in [0.25, 0.3) is 0 Å². The molecule has 0 radical (unpaired) electrons. The summed E-state index contributed by atoms with van der Waals surface area (Å²) in [5, 5.41) is 12.2. The number of hydrogen-bond acceptors (Lipinski definition) is 4. The highest BCUT2D eigenvalue weighted by Crippen LogP contribution is 2.10. The Labute approximate surface area is 98.9 Å². The Morgan fingerprint density at radius 1 is 1.69 bits per heavy atom. The lowest BCUT2D eigenvalue weighted by atomic mass is 10.2. The molecule has 0 aliphatic heterocycles. The molecule has 0 saturated carbocycles. The van der Waals surface area contributed by atoms with Gasteiger partial charge in [0.15, 0.2) is 0 Å². The molecule has 0 saturated heterocycles. The third kappa shape index (κ3) is 3.75. The van der Waals surface area contributed by atoms with Crippen molar-refractivity contribution < 1.29 is 9.90 Å². The van der Waals surface area contributed by atoms with Crippen LogP contribution in [0.15, 0.2) is 12.5 Å². The molecular weight excluding hydrogens is 230 g/mol. The van der Waals surface area contributed by atoms with Crippen LogP contribution in [0.4, 0.5) is 0 Å². The maximum atomic E-state index is 11.6. The first-order chi connectivity index (χ1) is 7.65. The van der Waals surface area contributed by atoms with E-state index in [2.05, 4.69) is 15.3 Å². The first-order valence-electron chi connectivity index (χ1n) is 5.07. The van der Waals surface area contributed by atoms with E-state index in [0.29, 0.717) is 6.42 Å². The third-order valence-electron chi connectivity index (χ3n) is 2.00. The molecule has 1 amide bonds. The topological polar surface area (TPSA) is 75.1 Å². The highest BCUT2D eigenvalue weighted by atomic mass is 35.5. The van der Waals surface area contributed by atoms with Gasteiger partial charge < -0.3 is 10.4 Å². The van der Waals surface area contributed by atoms with Crippen molar-refractivity contribution in [2.45, 2.75) is 25.9 Å². The zero-order valence-corrected chi connectivity index (χ0v) is 9.74. The van der Waals surface area contributed by atoms with Crippen molar-refractivity contribution in [2.24, 2.45) is 0 Å². The van der Waals surface area contributed by atoms with Gasteiger partial charge in [-0.05, 0) is 6.42 Å². The quantitative estimate of drug-likeness (QED) is 0.810. The van der Waals surface area contributed by atoms with Gasteiger partial charge in [0.2, 0.25) is 0 Å². The highest BCUT2D eigenvalue weighted by Gasteiger charge is 2.12. The molecule has 2 N–H and O–H groups in total. The van der Waals surface area contributed by atoms with Crippen molar-refractivity contribution in [3.8, 4) is 0 Å². The van der Waals surface area contributed by atoms with Gasteiger partial charge in [0.25, 0.3) is 5.91 Å². The van der Waals surface area contributed by atoms with Crippen LogP contribution in [0, 0.1) is 0 Å². The Hall–Kier alpha value is -1.20. The van der Waals surface area contributed by atoms with Crippen molar-refractivity contribution in [2.75, 3.05) is 6.54 Å².